The van der Waals surface area contributed by atoms with Gasteiger partial charge in [0, 0.05) is 24.5 Å². The number of benzene rings is 1. The smallest absolute Gasteiger partial charge is 0.261 e. The van der Waals surface area contributed by atoms with Crippen molar-refractivity contribution in [2.24, 2.45) is 0 Å². The lowest BCUT2D eigenvalue weighted by atomic mass is 10.2. The number of carbonyl (C=O) groups is 2. The molecule has 2 aromatic rings. The highest BCUT2D eigenvalue weighted by Crippen LogP contribution is 2.19. The van der Waals surface area contributed by atoms with E-state index in [-0.39, 0.29) is 11.8 Å². The van der Waals surface area contributed by atoms with Crippen LogP contribution in [0.4, 0.5) is 11.4 Å². The van der Waals surface area contributed by atoms with Crippen LogP contribution >= 0.6 is 11.3 Å². The minimum absolute atomic E-state index is 0.236. The predicted octanol–water partition coefficient (Wildman–Crippen LogP) is 2.34. The average molecular weight is 359 g/mol. The fourth-order valence-electron chi connectivity index (χ4n) is 2.57. The Hall–Kier alpha value is -2.38. The zero-order chi connectivity index (χ0) is 17.6. The quantitative estimate of drug-likeness (QED) is 0.860. The Bertz CT molecular complexity index is 710. The van der Waals surface area contributed by atoms with Crippen LogP contribution in [-0.4, -0.2) is 44.2 Å². The molecule has 1 aliphatic rings. The minimum atomic E-state index is -0.617. The first kappa shape index (κ1) is 17.4. The van der Waals surface area contributed by atoms with E-state index < -0.39 is 6.04 Å². The maximum atomic E-state index is 12.3. The van der Waals surface area contributed by atoms with E-state index >= 15 is 0 Å². The Kier molecular flexibility index (Phi) is 5.67. The normalized spacial score (nSPS) is 15.5. The predicted molar refractivity (Wildman–Crippen MR) is 99.4 cm³/mol. The van der Waals surface area contributed by atoms with Gasteiger partial charge >= 0.3 is 0 Å². The summed E-state index contributed by atoms with van der Waals surface area (Å²) in [5.74, 6) is -0.482. The molecule has 132 valence electrons. The molecule has 0 saturated carbocycles. The number of anilines is 2. The van der Waals surface area contributed by atoms with Gasteiger partial charge in [-0.05, 0) is 42.6 Å². The van der Waals surface area contributed by atoms with Crippen LogP contribution in [0, 0.1) is 0 Å². The van der Waals surface area contributed by atoms with Crippen LogP contribution in [0.3, 0.4) is 0 Å². The number of rotatable bonds is 5. The Morgan fingerprint density at radius 2 is 1.88 bits per heavy atom. The minimum Gasteiger partial charge on any atom is -0.378 e. The van der Waals surface area contributed by atoms with Crippen molar-refractivity contribution in [2.75, 3.05) is 36.5 Å². The third kappa shape index (κ3) is 4.58. The highest BCUT2D eigenvalue weighted by atomic mass is 32.1. The maximum absolute atomic E-state index is 12.3. The van der Waals surface area contributed by atoms with Crippen molar-refractivity contribution < 1.29 is 14.3 Å². The van der Waals surface area contributed by atoms with Gasteiger partial charge in [0.15, 0.2) is 0 Å². The molecule has 2 amide bonds. The lowest BCUT2D eigenvalue weighted by Crippen LogP contribution is -2.41. The van der Waals surface area contributed by atoms with Crippen LogP contribution in [0.1, 0.15) is 16.6 Å². The molecule has 0 spiro atoms. The first-order chi connectivity index (χ1) is 12.1. The first-order valence-electron chi connectivity index (χ1n) is 8.21. The lowest BCUT2D eigenvalue weighted by molar-refractivity contribution is -0.117. The maximum Gasteiger partial charge on any atom is 0.261 e. The van der Waals surface area contributed by atoms with Crippen LogP contribution in [-0.2, 0) is 9.53 Å². The summed E-state index contributed by atoms with van der Waals surface area (Å²) < 4.78 is 5.35. The molecular weight excluding hydrogens is 338 g/mol. The van der Waals surface area contributed by atoms with Gasteiger partial charge in [0.25, 0.3) is 5.91 Å². The molecule has 1 saturated heterocycles. The molecule has 0 radical (unpaired) electrons. The van der Waals surface area contributed by atoms with Crippen molar-refractivity contribution in [3.63, 3.8) is 0 Å². The monoisotopic (exact) mass is 359 g/mol. The van der Waals surface area contributed by atoms with Crippen molar-refractivity contribution in [1.29, 1.82) is 0 Å². The largest absolute Gasteiger partial charge is 0.378 e. The Balaban J connectivity index is 1.54. The molecule has 0 unspecified atom stereocenters. The zero-order valence-corrected chi connectivity index (χ0v) is 14.8. The standard InChI is InChI=1S/C18H21N3O3S/c1-13(19-18(23)16-3-2-12-25-16)17(22)20-14-4-6-15(7-5-14)21-8-10-24-11-9-21/h2-7,12-13H,8-11H2,1H3,(H,19,23)(H,20,22)/t13-/m0/s1. The molecule has 25 heavy (non-hydrogen) atoms. The number of thiophene rings is 1. The summed E-state index contributed by atoms with van der Waals surface area (Å²) >= 11 is 1.35. The van der Waals surface area contributed by atoms with E-state index in [1.807, 2.05) is 29.6 Å². The lowest BCUT2D eigenvalue weighted by Gasteiger charge is -2.29. The van der Waals surface area contributed by atoms with E-state index in [0.717, 1.165) is 32.0 Å². The van der Waals surface area contributed by atoms with E-state index in [1.165, 1.54) is 11.3 Å². The van der Waals surface area contributed by atoms with Gasteiger partial charge in [0.1, 0.15) is 6.04 Å². The van der Waals surface area contributed by atoms with Gasteiger partial charge in [0.2, 0.25) is 5.91 Å². The summed E-state index contributed by atoms with van der Waals surface area (Å²) in [6.07, 6.45) is 0. The number of nitrogens with one attached hydrogen (secondary N) is 2. The summed E-state index contributed by atoms with van der Waals surface area (Å²) in [4.78, 5) is 27.1. The van der Waals surface area contributed by atoms with E-state index in [0.29, 0.717) is 10.6 Å². The number of morpholine rings is 1. The zero-order valence-electron chi connectivity index (χ0n) is 14.0. The molecule has 1 aromatic heterocycles. The van der Waals surface area contributed by atoms with Gasteiger partial charge in [-0.3, -0.25) is 9.59 Å². The SMILES string of the molecule is C[C@H](NC(=O)c1cccs1)C(=O)Nc1ccc(N2CCOCC2)cc1. The average Bonchev–Trinajstić information content (AvgIpc) is 3.18. The topological polar surface area (TPSA) is 70.7 Å². The van der Waals surface area contributed by atoms with E-state index in [1.54, 1.807) is 19.1 Å². The molecule has 1 aliphatic heterocycles. The fraction of sp³-hybridized carbons (Fsp3) is 0.333. The van der Waals surface area contributed by atoms with Crippen LogP contribution in [0.5, 0.6) is 0 Å². The van der Waals surface area contributed by atoms with E-state index in [4.69, 9.17) is 4.74 Å². The second kappa shape index (κ2) is 8.13. The number of hydrogen-bond acceptors (Lipinski definition) is 5. The number of nitrogens with zero attached hydrogens (tertiary/aromatic N) is 1. The molecule has 0 bridgehead atoms. The molecule has 6 nitrogen and oxygen atoms in total. The van der Waals surface area contributed by atoms with Gasteiger partial charge in [-0.15, -0.1) is 11.3 Å². The number of amides is 2. The summed E-state index contributed by atoms with van der Waals surface area (Å²) in [7, 11) is 0. The van der Waals surface area contributed by atoms with Crippen LogP contribution < -0.4 is 15.5 Å². The van der Waals surface area contributed by atoms with Crippen molar-refractivity contribution in [3.05, 3.63) is 46.7 Å². The van der Waals surface area contributed by atoms with Gasteiger partial charge < -0.3 is 20.3 Å². The molecule has 2 N–H and O–H groups in total. The Morgan fingerprint density at radius 3 is 2.52 bits per heavy atom. The molecular formula is C18H21N3O3S. The summed E-state index contributed by atoms with van der Waals surface area (Å²) in [6.45, 7) is 4.89. The summed E-state index contributed by atoms with van der Waals surface area (Å²) in [6, 6.07) is 10.6. The Morgan fingerprint density at radius 1 is 1.16 bits per heavy atom. The third-order valence-electron chi connectivity index (χ3n) is 4.00. The molecule has 3 rings (SSSR count). The van der Waals surface area contributed by atoms with Crippen LogP contribution in [0.2, 0.25) is 0 Å². The summed E-state index contributed by atoms with van der Waals surface area (Å²) in [5.41, 5.74) is 1.82. The molecule has 2 heterocycles. The molecule has 7 heteroatoms. The number of ether oxygens (including phenoxy) is 1. The second-order valence-corrected chi connectivity index (χ2v) is 6.76. The Labute approximate surface area is 150 Å². The molecule has 1 atom stereocenters. The van der Waals surface area contributed by atoms with Crippen molar-refractivity contribution >= 4 is 34.5 Å². The summed E-state index contributed by atoms with van der Waals surface area (Å²) in [5, 5.41) is 7.36. The second-order valence-electron chi connectivity index (χ2n) is 5.81. The van der Waals surface area contributed by atoms with Crippen molar-refractivity contribution in [1.82, 2.24) is 5.32 Å². The molecule has 1 aromatic carbocycles. The van der Waals surface area contributed by atoms with E-state index in [9.17, 15) is 9.59 Å². The highest BCUT2D eigenvalue weighted by molar-refractivity contribution is 7.12. The molecule has 0 aliphatic carbocycles. The van der Waals surface area contributed by atoms with Crippen molar-refractivity contribution in [3.8, 4) is 0 Å². The van der Waals surface area contributed by atoms with E-state index in [2.05, 4.69) is 15.5 Å². The van der Waals surface area contributed by atoms with Gasteiger partial charge in [-0.1, -0.05) is 6.07 Å². The van der Waals surface area contributed by atoms with Gasteiger partial charge in [-0.25, -0.2) is 0 Å². The number of carbonyl (C=O) groups excluding carboxylic acids is 2. The first-order valence-corrected chi connectivity index (χ1v) is 9.09. The van der Waals surface area contributed by atoms with Crippen LogP contribution in [0.25, 0.3) is 0 Å². The van der Waals surface area contributed by atoms with Crippen LogP contribution in [0.15, 0.2) is 41.8 Å². The third-order valence-corrected chi connectivity index (χ3v) is 4.87. The fourth-order valence-corrected chi connectivity index (χ4v) is 3.20. The number of hydrogen-bond donors (Lipinski definition) is 2. The molecule has 1 fully saturated rings. The highest BCUT2D eigenvalue weighted by Gasteiger charge is 2.17. The van der Waals surface area contributed by atoms with Gasteiger partial charge in [-0.2, -0.15) is 0 Å². The van der Waals surface area contributed by atoms with Gasteiger partial charge in [0.05, 0.1) is 18.1 Å². The van der Waals surface area contributed by atoms with Crippen molar-refractivity contribution in [2.45, 2.75) is 13.0 Å².